The third-order valence-corrected chi connectivity index (χ3v) is 11.8. The lowest BCUT2D eigenvalue weighted by Gasteiger charge is -2.18. The first-order valence-electron chi connectivity index (χ1n) is 29.5. The summed E-state index contributed by atoms with van der Waals surface area (Å²) < 4.78 is 16.7. The summed E-state index contributed by atoms with van der Waals surface area (Å²) in [5, 5.41) is 0. The maximum absolute atomic E-state index is 12.8. The highest BCUT2D eigenvalue weighted by atomic mass is 16.6. The largest absolute Gasteiger partial charge is 0.462 e. The molecule has 0 amide bonds. The Bertz CT molecular complexity index is 1690. The molecular formula is C68H106O6. The molecule has 1 unspecified atom stereocenters. The molecule has 0 heterocycles. The molecule has 74 heavy (non-hydrogen) atoms. The lowest BCUT2D eigenvalue weighted by Crippen LogP contribution is -2.30. The van der Waals surface area contributed by atoms with Crippen molar-refractivity contribution in [3.8, 4) is 0 Å². The Morgan fingerprint density at radius 1 is 0.284 bits per heavy atom. The summed E-state index contributed by atoms with van der Waals surface area (Å²) in [6, 6.07) is 0. The molecule has 0 saturated carbocycles. The summed E-state index contributed by atoms with van der Waals surface area (Å²) in [4.78, 5) is 37.9. The molecule has 0 saturated heterocycles. The molecule has 0 radical (unpaired) electrons. The van der Waals surface area contributed by atoms with Crippen LogP contribution in [0.1, 0.15) is 233 Å². The molecule has 414 valence electrons. The highest BCUT2D eigenvalue weighted by Crippen LogP contribution is 2.13. The van der Waals surface area contributed by atoms with E-state index in [4.69, 9.17) is 14.2 Å². The quantitative estimate of drug-likeness (QED) is 0.0261. The molecule has 6 nitrogen and oxygen atoms in total. The second-order valence-corrected chi connectivity index (χ2v) is 18.8. The number of hydrogen-bond acceptors (Lipinski definition) is 6. The van der Waals surface area contributed by atoms with E-state index in [-0.39, 0.29) is 37.5 Å². The van der Waals surface area contributed by atoms with Gasteiger partial charge < -0.3 is 14.2 Å². The van der Waals surface area contributed by atoms with Gasteiger partial charge in [-0.2, -0.15) is 0 Å². The van der Waals surface area contributed by atoms with Crippen LogP contribution < -0.4 is 0 Å². The molecule has 0 spiro atoms. The second kappa shape index (κ2) is 60.6. The van der Waals surface area contributed by atoms with Crippen LogP contribution in [0.2, 0.25) is 0 Å². The fourth-order valence-electron chi connectivity index (χ4n) is 7.42. The Labute approximate surface area is 454 Å². The van der Waals surface area contributed by atoms with E-state index < -0.39 is 6.10 Å². The molecular weight excluding hydrogens is 913 g/mol. The maximum Gasteiger partial charge on any atom is 0.306 e. The van der Waals surface area contributed by atoms with Gasteiger partial charge in [-0.3, -0.25) is 14.4 Å². The van der Waals surface area contributed by atoms with Crippen molar-refractivity contribution in [1.82, 2.24) is 0 Å². The fraction of sp³-hybridized carbons (Fsp3) is 0.574. The summed E-state index contributed by atoms with van der Waals surface area (Å²) in [6.07, 6.45) is 88.4. The zero-order valence-electron chi connectivity index (χ0n) is 47.3. The smallest absolute Gasteiger partial charge is 0.306 e. The zero-order valence-corrected chi connectivity index (χ0v) is 47.3. The van der Waals surface area contributed by atoms with Gasteiger partial charge in [0.05, 0.1) is 0 Å². The van der Waals surface area contributed by atoms with Gasteiger partial charge in [-0.25, -0.2) is 0 Å². The SMILES string of the molecule is CC/C=C\C/C=C\C/C=C\C/C=C\C/C=C\C/C=C\C/C=C\CCCCCCCCCC(=O)OCC(COC(=O)CCCCCCCC)OC(=O)CCCC/C=C\C/C=C\C/C=C\C/C=C\C/C=C\C/C=C\CC. The van der Waals surface area contributed by atoms with Gasteiger partial charge >= 0.3 is 17.9 Å². The van der Waals surface area contributed by atoms with E-state index in [0.717, 1.165) is 141 Å². The van der Waals surface area contributed by atoms with Crippen LogP contribution in [0, 0.1) is 0 Å². The van der Waals surface area contributed by atoms with Crippen molar-refractivity contribution in [1.29, 1.82) is 0 Å². The third kappa shape index (κ3) is 57.9. The number of carbonyl (C=O) groups is 3. The molecule has 0 aromatic heterocycles. The van der Waals surface area contributed by atoms with Crippen LogP contribution in [-0.4, -0.2) is 37.2 Å². The van der Waals surface area contributed by atoms with Crippen LogP contribution >= 0.6 is 0 Å². The van der Waals surface area contributed by atoms with Gasteiger partial charge in [0, 0.05) is 19.3 Å². The predicted octanol–water partition coefficient (Wildman–Crippen LogP) is 20.1. The number of allylic oxidation sites excluding steroid dienone is 26. The van der Waals surface area contributed by atoms with Gasteiger partial charge in [-0.1, -0.05) is 243 Å². The average molecular weight is 1020 g/mol. The minimum Gasteiger partial charge on any atom is -0.462 e. The van der Waals surface area contributed by atoms with Crippen molar-refractivity contribution in [2.75, 3.05) is 13.2 Å². The summed E-state index contributed by atoms with van der Waals surface area (Å²) in [7, 11) is 0. The van der Waals surface area contributed by atoms with Gasteiger partial charge in [0.15, 0.2) is 6.10 Å². The first kappa shape index (κ1) is 69.0. The average Bonchev–Trinajstić information content (AvgIpc) is 3.40. The van der Waals surface area contributed by atoms with Gasteiger partial charge in [0.2, 0.25) is 0 Å². The number of unbranched alkanes of at least 4 members (excludes halogenated alkanes) is 14. The van der Waals surface area contributed by atoms with Crippen LogP contribution in [0.15, 0.2) is 158 Å². The Kier molecular flexibility index (Phi) is 56.5. The van der Waals surface area contributed by atoms with Crippen molar-refractivity contribution < 1.29 is 28.6 Å². The molecule has 0 aliphatic carbocycles. The summed E-state index contributed by atoms with van der Waals surface area (Å²) >= 11 is 0. The molecule has 0 aliphatic rings. The number of carbonyl (C=O) groups excluding carboxylic acids is 3. The monoisotopic (exact) mass is 1020 g/mol. The molecule has 0 bridgehead atoms. The van der Waals surface area contributed by atoms with Crippen LogP contribution in [0.5, 0.6) is 0 Å². The minimum absolute atomic E-state index is 0.106. The Balaban J connectivity index is 4.27. The van der Waals surface area contributed by atoms with Crippen LogP contribution in [-0.2, 0) is 28.6 Å². The molecule has 0 aliphatic heterocycles. The van der Waals surface area contributed by atoms with Crippen LogP contribution in [0.25, 0.3) is 0 Å². The predicted molar refractivity (Wildman–Crippen MR) is 320 cm³/mol. The van der Waals surface area contributed by atoms with E-state index in [9.17, 15) is 14.4 Å². The molecule has 1 atom stereocenters. The van der Waals surface area contributed by atoms with Gasteiger partial charge in [0.25, 0.3) is 0 Å². The highest BCUT2D eigenvalue weighted by Gasteiger charge is 2.19. The summed E-state index contributed by atoms with van der Waals surface area (Å²) in [5.41, 5.74) is 0. The molecule has 0 aromatic rings. The van der Waals surface area contributed by atoms with Crippen LogP contribution in [0.4, 0.5) is 0 Å². The van der Waals surface area contributed by atoms with Gasteiger partial charge in [-0.15, -0.1) is 0 Å². The Morgan fingerprint density at radius 3 is 0.851 bits per heavy atom. The van der Waals surface area contributed by atoms with Crippen LogP contribution in [0.3, 0.4) is 0 Å². The first-order chi connectivity index (χ1) is 36.5. The third-order valence-electron chi connectivity index (χ3n) is 11.8. The van der Waals surface area contributed by atoms with Crippen molar-refractivity contribution >= 4 is 17.9 Å². The van der Waals surface area contributed by atoms with Crippen molar-refractivity contribution in [2.24, 2.45) is 0 Å². The number of ether oxygens (including phenoxy) is 3. The number of hydrogen-bond donors (Lipinski definition) is 0. The zero-order chi connectivity index (χ0) is 53.6. The standard InChI is InChI=1S/C68H106O6/c1-4-7-10-13-16-18-20-22-24-26-28-30-31-32-33-34-35-36-37-39-40-42-44-46-48-50-52-55-58-61-67(70)73-64-65(63-72-66(69)60-57-54-15-12-9-6-3)74-68(71)62-59-56-53-51-49-47-45-43-41-38-29-27-25-23-21-19-17-14-11-8-5-2/h7-8,10-11,16-19,22-25,28-30,32-33,35-36,38-40,43,45,49,51,65H,4-6,9,12-15,20-21,26-27,31,34,37,41-42,44,46-48,50,52-64H2,1-3H3/b10-7-,11-8-,18-16-,19-17-,24-22-,25-23-,30-28-,33-32-,36-35-,38-29-,40-39-,45-43-,51-49-. The molecule has 0 rings (SSSR count). The topological polar surface area (TPSA) is 78.9 Å². The van der Waals surface area contributed by atoms with E-state index in [0.29, 0.717) is 19.3 Å². The number of rotatable bonds is 51. The molecule has 0 aromatic carbocycles. The maximum atomic E-state index is 12.8. The lowest BCUT2D eigenvalue weighted by molar-refractivity contribution is -0.167. The van der Waals surface area contributed by atoms with Crippen molar-refractivity contribution in [3.05, 3.63) is 158 Å². The van der Waals surface area contributed by atoms with Gasteiger partial charge in [-0.05, 0) is 128 Å². The summed E-state index contributed by atoms with van der Waals surface area (Å²) in [5.74, 6) is -0.980. The Hall–Kier alpha value is -4.97. The minimum atomic E-state index is -0.810. The first-order valence-corrected chi connectivity index (χ1v) is 29.5. The second-order valence-electron chi connectivity index (χ2n) is 18.8. The van der Waals surface area contributed by atoms with Crippen molar-refractivity contribution in [3.63, 3.8) is 0 Å². The van der Waals surface area contributed by atoms with E-state index in [2.05, 4.69) is 179 Å². The lowest BCUT2D eigenvalue weighted by atomic mass is 10.1. The highest BCUT2D eigenvalue weighted by molar-refractivity contribution is 5.71. The normalized spacial score (nSPS) is 13.3. The summed E-state index contributed by atoms with van der Waals surface area (Å²) in [6.45, 7) is 6.29. The van der Waals surface area contributed by atoms with Crippen molar-refractivity contribution in [2.45, 2.75) is 239 Å². The van der Waals surface area contributed by atoms with E-state index in [1.165, 1.54) is 44.9 Å². The fourth-order valence-corrected chi connectivity index (χ4v) is 7.42. The molecule has 0 N–H and O–H groups in total. The molecule has 6 heteroatoms. The molecule has 0 fully saturated rings. The van der Waals surface area contributed by atoms with E-state index in [1.54, 1.807) is 0 Å². The van der Waals surface area contributed by atoms with E-state index in [1.807, 2.05) is 0 Å². The van der Waals surface area contributed by atoms with Gasteiger partial charge in [0.1, 0.15) is 13.2 Å². The number of esters is 3. The van der Waals surface area contributed by atoms with E-state index >= 15 is 0 Å². The Morgan fingerprint density at radius 2 is 0.527 bits per heavy atom.